The molecule has 152 valence electrons. The van der Waals surface area contributed by atoms with Gasteiger partial charge < -0.3 is 10.0 Å². The van der Waals surface area contributed by atoms with E-state index in [0.717, 1.165) is 56.5 Å². The molecule has 1 amide bonds. The topological polar surface area (TPSA) is 78.7 Å². The number of benzene rings is 1. The van der Waals surface area contributed by atoms with Crippen LogP contribution in [-0.2, 0) is 30.6 Å². The summed E-state index contributed by atoms with van der Waals surface area (Å²) in [5.74, 6) is -0.967. The number of carbonyl (C=O) groups excluding carboxylic acids is 1. The Bertz CT molecular complexity index is 959. The van der Waals surface area contributed by atoms with Gasteiger partial charge in [-0.1, -0.05) is 24.3 Å². The Balaban J connectivity index is 1.23. The SMILES string of the molecule is O=C(O)c1nn(CC(=O)N2CCN(C3CCc4ccccc43)CC2)c2c1CCC2. The highest BCUT2D eigenvalue weighted by atomic mass is 16.4. The zero-order valence-corrected chi connectivity index (χ0v) is 16.5. The van der Waals surface area contributed by atoms with Crippen LogP contribution in [0.1, 0.15) is 51.8 Å². The molecule has 2 heterocycles. The van der Waals surface area contributed by atoms with Gasteiger partial charge in [0.15, 0.2) is 5.69 Å². The van der Waals surface area contributed by atoms with E-state index in [1.54, 1.807) is 4.68 Å². The molecule has 1 aliphatic heterocycles. The van der Waals surface area contributed by atoms with Crippen LogP contribution in [-0.4, -0.2) is 62.7 Å². The molecule has 5 rings (SSSR count). The summed E-state index contributed by atoms with van der Waals surface area (Å²) >= 11 is 0. The Kier molecular flexibility index (Phi) is 4.62. The lowest BCUT2D eigenvalue weighted by atomic mass is 10.1. The van der Waals surface area contributed by atoms with Crippen molar-refractivity contribution >= 4 is 11.9 Å². The molecule has 1 unspecified atom stereocenters. The first-order valence-electron chi connectivity index (χ1n) is 10.5. The van der Waals surface area contributed by atoms with E-state index in [4.69, 9.17) is 0 Å². The average molecular weight is 394 g/mol. The number of hydrogen-bond donors (Lipinski definition) is 1. The molecule has 1 N–H and O–H groups in total. The molecule has 7 nitrogen and oxygen atoms in total. The average Bonchev–Trinajstić information content (AvgIpc) is 3.44. The molecule has 1 atom stereocenters. The summed E-state index contributed by atoms with van der Waals surface area (Å²) in [6, 6.07) is 9.16. The van der Waals surface area contributed by atoms with Crippen molar-refractivity contribution in [2.75, 3.05) is 26.2 Å². The molecule has 1 aromatic heterocycles. The van der Waals surface area contributed by atoms with E-state index < -0.39 is 5.97 Å². The second-order valence-corrected chi connectivity index (χ2v) is 8.26. The molecule has 0 saturated carbocycles. The van der Waals surface area contributed by atoms with Gasteiger partial charge in [0, 0.05) is 43.5 Å². The molecule has 3 aliphatic rings. The normalized spacial score (nSPS) is 21.2. The lowest BCUT2D eigenvalue weighted by Crippen LogP contribution is -2.50. The van der Waals surface area contributed by atoms with Crippen molar-refractivity contribution < 1.29 is 14.7 Å². The number of carboxylic acid groups (broad SMARTS) is 1. The number of aromatic carboxylic acids is 1. The van der Waals surface area contributed by atoms with Gasteiger partial charge in [-0.25, -0.2) is 4.79 Å². The molecule has 7 heteroatoms. The molecule has 0 bridgehead atoms. The van der Waals surface area contributed by atoms with Crippen LogP contribution in [0.25, 0.3) is 0 Å². The molecule has 1 aromatic carbocycles. The van der Waals surface area contributed by atoms with Gasteiger partial charge in [0.25, 0.3) is 0 Å². The fourth-order valence-corrected chi connectivity index (χ4v) is 5.24. The highest BCUT2D eigenvalue weighted by molar-refractivity contribution is 5.87. The van der Waals surface area contributed by atoms with E-state index in [2.05, 4.69) is 34.3 Å². The molecular formula is C22H26N4O3. The zero-order chi connectivity index (χ0) is 20.0. The van der Waals surface area contributed by atoms with Gasteiger partial charge in [-0.05, 0) is 43.2 Å². The van der Waals surface area contributed by atoms with Crippen molar-refractivity contribution in [3.63, 3.8) is 0 Å². The van der Waals surface area contributed by atoms with Crippen LogP contribution in [0.4, 0.5) is 0 Å². The molecule has 0 radical (unpaired) electrons. The number of carbonyl (C=O) groups is 2. The standard InChI is InChI=1S/C22H26N4O3/c27-20(14-26-19-7-3-6-17(19)21(23-26)22(28)29)25-12-10-24(11-13-25)18-9-8-15-4-1-2-5-16(15)18/h1-2,4-5,18H,3,6-14H2,(H,28,29). The van der Waals surface area contributed by atoms with Crippen LogP contribution < -0.4 is 0 Å². The van der Waals surface area contributed by atoms with Crippen molar-refractivity contribution in [1.82, 2.24) is 19.6 Å². The molecule has 1 fully saturated rings. The van der Waals surface area contributed by atoms with E-state index in [9.17, 15) is 14.7 Å². The van der Waals surface area contributed by atoms with Gasteiger partial charge in [0.2, 0.25) is 5.91 Å². The van der Waals surface area contributed by atoms with Crippen LogP contribution >= 0.6 is 0 Å². The predicted octanol–water partition coefficient (Wildman–Crippen LogP) is 1.90. The minimum Gasteiger partial charge on any atom is -0.476 e. The van der Waals surface area contributed by atoms with Crippen molar-refractivity contribution in [1.29, 1.82) is 0 Å². The predicted molar refractivity (Wildman–Crippen MR) is 107 cm³/mol. The van der Waals surface area contributed by atoms with Crippen LogP contribution in [0.2, 0.25) is 0 Å². The summed E-state index contributed by atoms with van der Waals surface area (Å²) in [7, 11) is 0. The Labute approximate surface area is 169 Å². The highest BCUT2D eigenvalue weighted by Gasteiger charge is 2.32. The van der Waals surface area contributed by atoms with E-state index in [1.807, 2.05) is 4.90 Å². The van der Waals surface area contributed by atoms with Crippen molar-refractivity contribution in [2.45, 2.75) is 44.7 Å². The van der Waals surface area contributed by atoms with Crippen LogP contribution in [0, 0.1) is 0 Å². The van der Waals surface area contributed by atoms with E-state index in [1.165, 1.54) is 11.1 Å². The van der Waals surface area contributed by atoms with Crippen LogP contribution in [0.3, 0.4) is 0 Å². The van der Waals surface area contributed by atoms with Crippen molar-refractivity contribution in [3.05, 3.63) is 52.3 Å². The molecule has 0 spiro atoms. The van der Waals surface area contributed by atoms with Crippen LogP contribution in [0.15, 0.2) is 24.3 Å². The fraction of sp³-hybridized carbons (Fsp3) is 0.500. The Hall–Kier alpha value is -2.67. The third kappa shape index (κ3) is 3.23. The number of nitrogens with zero attached hydrogens (tertiary/aromatic N) is 4. The quantitative estimate of drug-likeness (QED) is 0.857. The minimum absolute atomic E-state index is 0.0330. The number of hydrogen-bond acceptors (Lipinski definition) is 4. The van der Waals surface area contributed by atoms with Crippen molar-refractivity contribution in [2.24, 2.45) is 0 Å². The van der Waals surface area contributed by atoms with E-state index >= 15 is 0 Å². The summed E-state index contributed by atoms with van der Waals surface area (Å²) < 4.78 is 1.63. The number of piperazine rings is 1. The summed E-state index contributed by atoms with van der Waals surface area (Å²) in [6.45, 7) is 3.33. The zero-order valence-electron chi connectivity index (χ0n) is 16.5. The Morgan fingerprint density at radius 1 is 1.07 bits per heavy atom. The first-order chi connectivity index (χ1) is 14.1. The lowest BCUT2D eigenvalue weighted by Gasteiger charge is -2.38. The Morgan fingerprint density at radius 2 is 1.86 bits per heavy atom. The van der Waals surface area contributed by atoms with Gasteiger partial charge in [-0.3, -0.25) is 14.4 Å². The molecular weight excluding hydrogens is 368 g/mol. The summed E-state index contributed by atoms with van der Waals surface area (Å²) in [5, 5.41) is 13.6. The molecule has 2 aliphatic carbocycles. The monoisotopic (exact) mass is 394 g/mol. The molecule has 29 heavy (non-hydrogen) atoms. The van der Waals surface area contributed by atoms with Gasteiger partial charge in [-0.15, -0.1) is 0 Å². The molecule has 2 aromatic rings. The summed E-state index contributed by atoms with van der Waals surface area (Å²) in [5.41, 5.74) is 4.76. The highest BCUT2D eigenvalue weighted by Crippen LogP contribution is 2.36. The minimum atomic E-state index is -1.00. The van der Waals surface area contributed by atoms with Gasteiger partial charge in [0.1, 0.15) is 6.54 Å². The maximum atomic E-state index is 12.9. The van der Waals surface area contributed by atoms with Crippen LogP contribution in [0.5, 0.6) is 0 Å². The molecule has 1 saturated heterocycles. The third-order valence-electron chi connectivity index (χ3n) is 6.70. The van der Waals surface area contributed by atoms with E-state index in [0.29, 0.717) is 19.1 Å². The second kappa shape index (κ2) is 7.30. The number of rotatable bonds is 4. The Morgan fingerprint density at radius 3 is 2.66 bits per heavy atom. The first kappa shape index (κ1) is 18.4. The van der Waals surface area contributed by atoms with Gasteiger partial charge in [-0.2, -0.15) is 5.10 Å². The summed E-state index contributed by atoms with van der Waals surface area (Å²) in [6.07, 6.45) is 4.77. The third-order valence-corrected chi connectivity index (χ3v) is 6.70. The number of carboxylic acids is 1. The maximum Gasteiger partial charge on any atom is 0.356 e. The number of fused-ring (bicyclic) bond motifs is 2. The first-order valence-corrected chi connectivity index (χ1v) is 10.5. The number of amides is 1. The largest absolute Gasteiger partial charge is 0.476 e. The smallest absolute Gasteiger partial charge is 0.356 e. The van der Waals surface area contributed by atoms with Gasteiger partial charge in [0.05, 0.1) is 0 Å². The lowest BCUT2D eigenvalue weighted by molar-refractivity contribution is -0.134. The maximum absolute atomic E-state index is 12.9. The van der Waals surface area contributed by atoms with E-state index in [-0.39, 0.29) is 18.1 Å². The fourth-order valence-electron chi connectivity index (χ4n) is 5.24. The van der Waals surface area contributed by atoms with Gasteiger partial charge >= 0.3 is 5.97 Å². The summed E-state index contributed by atoms with van der Waals surface area (Å²) in [4.78, 5) is 28.7. The number of aromatic nitrogens is 2. The number of aryl methyl sites for hydroxylation is 1. The van der Waals surface area contributed by atoms with Crippen molar-refractivity contribution in [3.8, 4) is 0 Å². The second-order valence-electron chi connectivity index (χ2n) is 8.26.